The highest BCUT2D eigenvalue weighted by Gasteiger charge is 2.20. The highest BCUT2D eigenvalue weighted by atomic mass is 79.9. The third-order valence-electron chi connectivity index (χ3n) is 2.72. The van der Waals surface area contributed by atoms with E-state index in [0.29, 0.717) is 10.6 Å². The van der Waals surface area contributed by atoms with Crippen molar-refractivity contribution in [1.82, 2.24) is 0 Å². The van der Waals surface area contributed by atoms with Gasteiger partial charge >= 0.3 is 0 Å². The molecule has 0 radical (unpaired) electrons. The van der Waals surface area contributed by atoms with Crippen LogP contribution in [0.5, 0.6) is 0 Å². The van der Waals surface area contributed by atoms with E-state index in [1.807, 2.05) is 0 Å². The average molecular weight is 383 g/mol. The summed E-state index contributed by atoms with van der Waals surface area (Å²) in [5.74, 6) is 0. The van der Waals surface area contributed by atoms with Gasteiger partial charge in [0.2, 0.25) is 9.84 Å². The van der Waals surface area contributed by atoms with Crippen molar-refractivity contribution in [2.45, 2.75) is 4.90 Å². The van der Waals surface area contributed by atoms with E-state index in [9.17, 15) is 13.7 Å². The number of hydrogen-bond donors (Lipinski definition) is 0. The Hall–Kier alpha value is -1.61. The van der Waals surface area contributed by atoms with Gasteiger partial charge in [-0.3, -0.25) is 0 Å². The summed E-state index contributed by atoms with van der Waals surface area (Å²) in [5.41, 5.74) is 0.483. The molecular weight excluding hydrogens is 374 g/mol. The molecule has 2 rings (SSSR count). The molecule has 0 aliphatic rings. The SMILES string of the molecule is N#C/C(=C\c1ccccc1Cl)S(=O)(=O)c1ccc(Br)cc1. The number of halogens is 2. The molecule has 2 aromatic rings. The molecule has 0 N–H and O–H groups in total. The molecule has 2 aromatic carbocycles. The van der Waals surface area contributed by atoms with Crippen LogP contribution < -0.4 is 0 Å². The molecule has 3 nitrogen and oxygen atoms in total. The van der Waals surface area contributed by atoms with Gasteiger partial charge in [0, 0.05) is 9.50 Å². The third kappa shape index (κ3) is 3.53. The number of hydrogen-bond acceptors (Lipinski definition) is 3. The molecule has 0 spiro atoms. The first kappa shape index (κ1) is 15.8. The number of sulfone groups is 1. The second-order valence-corrected chi connectivity index (χ2v) is 7.34. The Bertz CT molecular complexity index is 837. The molecule has 0 saturated heterocycles. The average Bonchev–Trinajstić information content (AvgIpc) is 2.46. The smallest absolute Gasteiger partial charge is 0.216 e. The van der Waals surface area contributed by atoms with E-state index in [1.54, 1.807) is 42.5 Å². The minimum absolute atomic E-state index is 0.0607. The predicted octanol–water partition coefficient (Wildman–Crippen LogP) is 4.44. The number of allylic oxidation sites excluding steroid dienone is 1. The van der Waals surface area contributed by atoms with Crippen molar-refractivity contribution >= 4 is 43.4 Å². The normalized spacial score (nSPS) is 12.0. The molecule has 0 aromatic heterocycles. The summed E-state index contributed by atoms with van der Waals surface area (Å²) in [6.45, 7) is 0. The van der Waals surface area contributed by atoms with Crippen molar-refractivity contribution in [1.29, 1.82) is 5.26 Å². The Labute approximate surface area is 136 Å². The van der Waals surface area contributed by atoms with Gasteiger partial charge in [-0.05, 0) is 42.0 Å². The topological polar surface area (TPSA) is 57.9 Å². The van der Waals surface area contributed by atoms with Crippen molar-refractivity contribution in [3.8, 4) is 6.07 Å². The van der Waals surface area contributed by atoms with Crippen molar-refractivity contribution in [3.63, 3.8) is 0 Å². The van der Waals surface area contributed by atoms with E-state index in [1.165, 1.54) is 18.2 Å². The van der Waals surface area contributed by atoms with Gasteiger partial charge in [0.05, 0.1) is 4.90 Å². The number of rotatable bonds is 3. The first-order valence-electron chi connectivity index (χ1n) is 5.82. The highest BCUT2D eigenvalue weighted by molar-refractivity contribution is 9.10. The number of benzene rings is 2. The summed E-state index contributed by atoms with van der Waals surface area (Å²) in [5, 5.41) is 9.57. The maximum Gasteiger partial charge on any atom is 0.216 e. The van der Waals surface area contributed by atoms with Crippen LogP contribution in [-0.4, -0.2) is 8.42 Å². The van der Waals surface area contributed by atoms with Crippen LogP contribution in [0, 0.1) is 11.3 Å². The fourth-order valence-corrected chi connectivity index (χ4v) is 3.25. The van der Waals surface area contributed by atoms with E-state index in [2.05, 4.69) is 15.9 Å². The minimum atomic E-state index is -3.86. The first-order chi connectivity index (χ1) is 9.95. The van der Waals surface area contributed by atoms with Crippen molar-refractivity contribution in [2.75, 3.05) is 0 Å². The molecule has 0 aliphatic heterocycles. The van der Waals surface area contributed by atoms with Gasteiger partial charge in [0.25, 0.3) is 0 Å². The Kier molecular flexibility index (Phi) is 4.84. The van der Waals surface area contributed by atoms with Gasteiger partial charge in [-0.15, -0.1) is 0 Å². The van der Waals surface area contributed by atoms with Crippen LogP contribution >= 0.6 is 27.5 Å². The maximum absolute atomic E-state index is 12.4. The van der Waals surface area contributed by atoms with E-state index in [4.69, 9.17) is 11.6 Å². The fourth-order valence-electron chi connectivity index (χ4n) is 1.64. The van der Waals surface area contributed by atoms with Crippen molar-refractivity contribution in [2.24, 2.45) is 0 Å². The largest absolute Gasteiger partial charge is 0.218 e. The van der Waals surface area contributed by atoms with Gasteiger partial charge in [-0.1, -0.05) is 45.7 Å². The van der Waals surface area contributed by atoms with Crippen LogP contribution in [0.25, 0.3) is 6.08 Å². The minimum Gasteiger partial charge on any atom is -0.218 e. The van der Waals surface area contributed by atoms with Crippen molar-refractivity contribution < 1.29 is 8.42 Å². The number of nitriles is 1. The van der Waals surface area contributed by atoms with Crippen LogP contribution in [0.3, 0.4) is 0 Å². The molecule has 0 saturated carbocycles. The molecule has 106 valence electrons. The van der Waals surface area contributed by atoms with Gasteiger partial charge in [0.1, 0.15) is 11.0 Å². The predicted molar refractivity (Wildman–Crippen MR) is 86.4 cm³/mol. The second-order valence-electron chi connectivity index (χ2n) is 4.10. The maximum atomic E-state index is 12.4. The summed E-state index contributed by atoms with van der Waals surface area (Å²) in [6.07, 6.45) is 1.28. The van der Waals surface area contributed by atoms with Crippen LogP contribution in [0.4, 0.5) is 0 Å². The second kappa shape index (κ2) is 6.44. The Morgan fingerprint density at radius 1 is 1.14 bits per heavy atom. The molecule has 0 bridgehead atoms. The van der Waals surface area contributed by atoms with E-state index < -0.39 is 9.84 Å². The fraction of sp³-hybridized carbons (Fsp3) is 0. The van der Waals surface area contributed by atoms with Gasteiger partial charge in [-0.2, -0.15) is 5.26 Å². The lowest BCUT2D eigenvalue weighted by atomic mass is 10.2. The summed E-state index contributed by atoms with van der Waals surface area (Å²) in [4.78, 5) is -0.288. The van der Waals surface area contributed by atoms with Crippen LogP contribution in [0.1, 0.15) is 5.56 Å². The lowest BCUT2D eigenvalue weighted by Gasteiger charge is -2.04. The summed E-state index contributed by atoms with van der Waals surface area (Å²) in [6, 6.07) is 14.6. The molecule has 0 heterocycles. The molecule has 0 atom stereocenters. The van der Waals surface area contributed by atoms with Gasteiger partial charge in [-0.25, -0.2) is 8.42 Å². The Balaban J connectivity index is 2.53. The molecule has 0 amide bonds. The summed E-state index contributed by atoms with van der Waals surface area (Å²) in [7, 11) is -3.86. The van der Waals surface area contributed by atoms with Gasteiger partial charge < -0.3 is 0 Å². The third-order valence-corrected chi connectivity index (χ3v) is 5.27. The van der Waals surface area contributed by atoms with E-state index in [-0.39, 0.29) is 9.80 Å². The molecular formula is C15H9BrClNO2S. The lowest BCUT2D eigenvalue weighted by Crippen LogP contribution is -2.03. The molecule has 21 heavy (non-hydrogen) atoms. The molecule has 6 heteroatoms. The standard InChI is InChI=1S/C15H9BrClNO2S/c16-12-5-7-13(8-6-12)21(19,20)14(10-18)9-11-3-1-2-4-15(11)17/h1-9H/b14-9+. The lowest BCUT2D eigenvalue weighted by molar-refractivity contribution is 0.603. The number of nitrogens with zero attached hydrogens (tertiary/aromatic N) is 1. The highest BCUT2D eigenvalue weighted by Crippen LogP contribution is 2.25. The Morgan fingerprint density at radius 2 is 1.76 bits per heavy atom. The van der Waals surface area contributed by atoms with E-state index >= 15 is 0 Å². The summed E-state index contributed by atoms with van der Waals surface area (Å²) >= 11 is 9.22. The van der Waals surface area contributed by atoms with Crippen LogP contribution in [-0.2, 0) is 9.84 Å². The van der Waals surface area contributed by atoms with Crippen molar-refractivity contribution in [3.05, 3.63) is 68.5 Å². The zero-order valence-electron chi connectivity index (χ0n) is 10.6. The summed E-state index contributed by atoms with van der Waals surface area (Å²) < 4.78 is 25.6. The quantitative estimate of drug-likeness (QED) is 0.737. The zero-order chi connectivity index (χ0) is 15.5. The first-order valence-corrected chi connectivity index (χ1v) is 8.47. The van der Waals surface area contributed by atoms with E-state index in [0.717, 1.165) is 4.47 Å². The zero-order valence-corrected chi connectivity index (χ0v) is 13.8. The molecule has 0 fully saturated rings. The monoisotopic (exact) mass is 381 g/mol. The molecule has 0 aliphatic carbocycles. The Morgan fingerprint density at radius 3 is 2.33 bits per heavy atom. The van der Waals surface area contributed by atoms with Gasteiger partial charge in [0.15, 0.2) is 0 Å². The molecule has 0 unspecified atom stereocenters. The van der Waals surface area contributed by atoms with Crippen LogP contribution in [0.2, 0.25) is 5.02 Å². The van der Waals surface area contributed by atoms with Crippen LogP contribution in [0.15, 0.2) is 62.8 Å².